The van der Waals surface area contributed by atoms with Gasteiger partial charge in [-0.15, -0.1) is 0 Å². The summed E-state index contributed by atoms with van der Waals surface area (Å²) in [6.45, 7) is 4.11. The Morgan fingerprint density at radius 1 is 1.29 bits per heavy atom. The summed E-state index contributed by atoms with van der Waals surface area (Å²) >= 11 is 0. The monoisotopic (exact) mass is 292 g/mol. The van der Waals surface area contributed by atoms with Crippen molar-refractivity contribution in [1.29, 1.82) is 0 Å². The molecule has 1 aliphatic heterocycles. The Balaban J connectivity index is 2.10. The second-order valence-corrected chi connectivity index (χ2v) is 5.01. The highest BCUT2D eigenvalue weighted by Crippen LogP contribution is 2.28. The van der Waals surface area contributed by atoms with Gasteiger partial charge in [-0.3, -0.25) is 0 Å². The first-order valence-corrected chi connectivity index (χ1v) is 6.78. The largest absolute Gasteiger partial charge is 0.493 e. The van der Waals surface area contributed by atoms with Gasteiger partial charge in [-0.2, -0.15) is 0 Å². The van der Waals surface area contributed by atoms with Crippen LogP contribution in [0.4, 0.5) is 0 Å². The molecule has 114 valence electrons. The number of hydrogen-bond donors (Lipinski definition) is 1. The van der Waals surface area contributed by atoms with Gasteiger partial charge in [0.15, 0.2) is 11.5 Å². The van der Waals surface area contributed by atoms with Crippen molar-refractivity contribution in [3.05, 3.63) is 23.8 Å². The van der Waals surface area contributed by atoms with E-state index in [1.54, 1.807) is 21.1 Å². The van der Waals surface area contributed by atoms with Crippen LogP contribution in [-0.2, 0) is 16.1 Å². The lowest BCUT2D eigenvalue weighted by Crippen LogP contribution is -2.42. The topological polar surface area (TPSA) is 69.2 Å². The summed E-state index contributed by atoms with van der Waals surface area (Å²) < 4.78 is 15.6. The van der Waals surface area contributed by atoms with Gasteiger partial charge in [0, 0.05) is 0 Å². The Bertz CT molecular complexity index is 571. The molecule has 1 heterocycles. The number of hydrogen-bond acceptors (Lipinski definition) is 5. The summed E-state index contributed by atoms with van der Waals surface area (Å²) in [5.41, 5.74) is 0.249. The highest BCUT2D eigenvalue weighted by atomic mass is 16.6. The lowest BCUT2D eigenvalue weighted by atomic mass is 10.0. The predicted molar refractivity (Wildman–Crippen MR) is 78.6 cm³/mol. The number of ether oxygens (including phenoxy) is 3. The van der Waals surface area contributed by atoms with Crippen molar-refractivity contribution in [2.24, 2.45) is 4.99 Å². The van der Waals surface area contributed by atoms with Gasteiger partial charge in [-0.1, -0.05) is 13.0 Å². The minimum absolute atomic E-state index is 0.263. The number of nitrogens with zero attached hydrogens (tertiary/aromatic N) is 1. The van der Waals surface area contributed by atoms with Gasteiger partial charge in [0.1, 0.15) is 5.54 Å². The van der Waals surface area contributed by atoms with E-state index in [1.165, 1.54) is 0 Å². The summed E-state index contributed by atoms with van der Waals surface area (Å²) in [7, 11) is 3.17. The van der Waals surface area contributed by atoms with Crippen molar-refractivity contribution in [3.8, 4) is 11.5 Å². The van der Waals surface area contributed by atoms with Gasteiger partial charge in [-0.25, -0.2) is 9.79 Å². The third-order valence-corrected chi connectivity index (χ3v) is 3.58. The first kappa shape index (κ1) is 15.2. The third kappa shape index (κ3) is 3.09. The molecule has 2 rings (SSSR count). The van der Waals surface area contributed by atoms with E-state index in [0.29, 0.717) is 24.5 Å². The Labute approximate surface area is 124 Å². The van der Waals surface area contributed by atoms with Crippen LogP contribution in [0, 0.1) is 0 Å². The zero-order valence-corrected chi connectivity index (χ0v) is 12.7. The summed E-state index contributed by atoms with van der Waals surface area (Å²) in [6, 6.07) is 5.82. The number of methoxy groups -OCH3 is 2. The molecule has 0 saturated carbocycles. The van der Waals surface area contributed by atoms with E-state index in [-0.39, 0.29) is 12.0 Å². The first-order valence-electron chi connectivity index (χ1n) is 6.78. The van der Waals surface area contributed by atoms with E-state index in [2.05, 4.69) is 10.3 Å². The number of cyclic esters (lactones) is 1. The number of carbonyl (C=O) groups excluding carboxylic acids is 1. The lowest BCUT2D eigenvalue weighted by Gasteiger charge is -2.15. The summed E-state index contributed by atoms with van der Waals surface area (Å²) in [6.07, 6.45) is 0.640. The Morgan fingerprint density at radius 3 is 2.57 bits per heavy atom. The maximum absolute atomic E-state index is 11.7. The van der Waals surface area contributed by atoms with Gasteiger partial charge in [-0.05, 0) is 31.0 Å². The molecule has 0 aromatic heterocycles. The number of nitrogens with one attached hydrogen (secondary N) is 1. The van der Waals surface area contributed by atoms with Crippen molar-refractivity contribution in [1.82, 2.24) is 5.32 Å². The molecular formula is C15H20N2O4. The van der Waals surface area contributed by atoms with Crippen LogP contribution in [0.5, 0.6) is 11.5 Å². The van der Waals surface area contributed by atoms with Crippen LogP contribution < -0.4 is 14.8 Å². The van der Waals surface area contributed by atoms with Gasteiger partial charge in [0.05, 0.1) is 20.8 Å². The molecule has 0 spiro atoms. The number of esters is 1. The second kappa shape index (κ2) is 6.03. The minimum Gasteiger partial charge on any atom is -0.493 e. The van der Waals surface area contributed by atoms with Crippen molar-refractivity contribution in [2.75, 3.05) is 14.2 Å². The number of aliphatic imine (C=N–C) groups is 1. The first-order chi connectivity index (χ1) is 10.0. The molecule has 0 unspecified atom stereocenters. The average Bonchev–Trinajstić information content (AvgIpc) is 2.80. The van der Waals surface area contributed by atoms with E-state index in [4.69, 9.17) is 14.2 Å². The van der Waals surface area contributed by atoms with E-state index < -0.39 is 5.54 Å². The zero-order valence-electron chi connectivity index (χ0n) is 12.7. The molecule has 0 radical (unpaired) electrons. The Morgan fingerprint density at radius 2 is 2.00 bits per heavy atom. The predicted octanol–water partition coefficient (Wildman–Crippen LogP) is 1.87. The molecule has 1 aromatic carbocycles. The summed E-state index contributed by atoms with van der Waals surface area (Å²) in [4.78, 5) is 16.0. The van der Waals surface area contributed by atoms with Crippen LogP contribution in [-0.4, -0.2) is 31.7 Å². The summed E-state index contributed by atoms with van der Waals surface area (Å²) in [5, 5.41) is 3.01. The standard InChI is InChI=1S/C15H20N2O4/c1-5-15(2)13(18)21-14(17-15)16-9-10-6-7-11(19-3)12(8-10)20-4/h6-8H,5,9H2,1-4H3,(H,16,17)/t15-/m0/s1. The van der Waals surface area contributed by atoms with Crippen molar-refractivity contribution in [3.63, 3.8) is 0 Å². The number of benzene rings is 1. The maximum atomic E-state index is 11.7. The molecular weight excluding hydrogens is 272 g/mol. The van der Waals surface area contributed by atoms with E-state index in [1.807, 2.05) is 25.1 Å². The zero-order chi connectivity index (χ0) is 15.5. The molecule has 6 nitrogen and oxygen atoms in total. The quantitative estimate of drug-likeness (QED) is 0.839. The molecule has 0 aliphatic carbocycles. The van der Waals surface area contributed by atoms with Crippen LogP contribution in [0.25, 0.3) is 0 Å². The smallest absolute Gasteiger partial charge is 0.339 e. The highest BCUT2D eigenvalue weighted by molar-refractivity contribution is 6.00. The number of amidine groups is 1. The Kier molecular flexibility index (Phi) is 4.35. The van der Waals surface area contributed by atoms with Crippen LogP contribution in [0.1, 0.15) is 25.8 Å². The molecule has 1 aliphatic rings. The average molecular weight is 292 g/mol. The molecule has 1 atom stereocenters. The fourth-order valence-electron chi connectivity index (χ4n) is 1.96. The minimum atomic E-state index is -0.684. The van der Waals surface area contributed by atoms with Crippen molar-refractivity contribution < 1.29 is 19.0 Å². The van der Waals surface area contributed by atoms with E-state index >= 15 is 0 Å². The Hall–Kier alpha value is -2.24. The molecule has 1 saturated heterocycles. The normalized spacial score (nSPS) is 22.9. The van der Waals surface area contributed by atoms with Crippen LogP contribution in [0.2, 0.25) is 0 Å². The van der Waals surface area contributed by atoms with Gasteiger partial charge in [0.2, 0.25) is 0 Å². The molecule has 6 heteroatoms. The van der Waals surface area contributed by atoms with Crippen LogP contribution in [0.15, 0.2) is 23.2 Å². The van der Waals surface area contributed by atoms with E-state index in [0.717, 1.165) is 5.56 Å². The van der Waals surface area contributed by atoms with Crippen LogP contribution >= 0.6 is 0 Å². The maximum Gasteiger partial charge on any atom is 0.339 e. The van der Waals surface area contributed by atoms with Crippen molar-refractivity contribution in [2.45, 2.75) is 32.4 Å². The van der Waals surface area contributed by atoms with Gasteiger partial charge >= 0.3 is 5.97 Å². The fourth-order valence-corrected chi connectivity index (χ4v) is 1.96. The van der Waals surface area contributed by atoms with Crippen molar-refractivity contribution >= 4 is 12.0 Å². The summed E-state index contributed by atoms with van der Waals surface area (Å²) in [5.74, 6) is 1.01. The molecule has 0 amide bonds. The molecule has 0 bridgehead atoms. The highest BCUT2D eigenvalue weighted by Gasteiger charge is 2.41. The molecule has 21 heavy (non-hydrogen) atoms. The second-order valence-electron chi connectivity index (χ2n) is 5.01. The molecule has 1 aromatic rings. The fraction of sp³-hybridized carbons (Fsp3) is 0.467. The third-order valence-electron chi connectivity index (χ3n) is 3.58. The lowest BCUT2D eigenvalue weighted by molar-refractivity contribution is -0.138. The number of rotatable bonds is 5. The van der Waals surface area contributed by atoms with Crippen LogP contribution in [0.3, 0.4) is 0 Å². The SMILES string of the molecule is CC[C@]1(C)NC(=NCc2ccc(OC)c(OC)c2)OC1=O. The van der Waals surface area contributed by atoms with E-state index in [9.17, 15) is 4.79 Å². The molecule has 1 fully saturated rings. The number of carbonyl (C=O) groups is 1. The van der Waals surface area contributed by atoms with Gasteiger partial charge in [0.25, 0.3) is 6.02 Å². The molecule has 1 N–H and O–H groups in total. The van der Waals surface area contributed by atoms with Gasteiger partial charge < -0.3 is 19.5 Å².